The van der Waals surface area contributed by atoms with Crippen LogP contribution in [0, 0.1) is 11.3 Å². The predicted molar refractivity (Wildman–Crippen MR) is 38.5 cm³/mol. The summed E-state index contributed by atoms with van der Waals surface area (Å²) in [5, 5.41) is 8.34. The van der Waals surface area contributed by atoms with Crippen LogP contribution in [0.15, 0.2) is 0 Å². The number of nitrogens with zero attached hydrogens (tertiary/aromatic N) is 1. The molecule has 50 valence electrons. The van der Waals surface area contributed by atoms with E-state index in [2.05, 4.69) is 6.07 Å². The zero-order chi connectivity index (χ0) is 6.53. The lowest BCUT2D eigenvalue weighted by Crippen LogP contribution is -3.13. The fourth-order valence-electron chi connectivity index (χ4n) is 0.949. The number of nitrogens with one attached hydrogen (secondary N) is 1. The molecule has 3 heteroatoms. The fraction of sp³-hybridized carbons (Fsp3) is 0.833. The minimum absolute atomic E-state index is 0.695. The third kappa shape index (κ3) is 2.25. The molecular weight excluding hydrogens is 132 g/mol. The van der Waals surface area contributed by atoms with Gasteiger partial charge in [0.05, 0.1) is 13.1 Å². The molecule has 0 amide bonds. The molecule has 0 aromatic carbocycles. The molecule has 1 aliphatic rings. The van der Waals surface area contributed by atoms with Gasteiger partial charge in [0, 0.05) is 11.5 Å². The van der Waals surface area contributed by atoms with Gasteiger partial charge in [0.1, 0.15) is 6.07 Å². The summed E-state index contributed by atoms with van der Waals surface area (Å²) in [5.41, 5.74) is 0. The normalized spacial score (nSPS) is 21.2. The Bertz CT molecular complexity index is 113. The average molecular weight is 143 g/mol. The molecule has 0 unspecified atom stereocenters. The molecular formula is C6H11N2S+. The fourth-order valence-corrected chi connectivity index (χ4v) is 2.02. The molecule has 9 heavy (non-hydrogen) atoms. The first-order valence-corrected chi connectivity index (χ1v) is 4.37. The van der Waals surface area contributed by atoms with Crippen LogP contribution in [0.2, 0.25) is 0 Å². The molecule has 1 saturated heterocycles. The lowest BCUT2D eigenvalue weighted by Gasteiger charge is -2.19. The Morgan fingerprint density at radius 2 is 2.11 bits per heavy atom. The Morgan fingerprint density at radius 3 is 2.67 bits per heavy atom. The quantitative estimate of drug-likeness (QED) is 0.484. The van der Waals surface area contributed by atoms with Crippen molar-refractivity contribution in [2.24, 2.45) is 0 Å². The number of hydrogen-bond donors (Lipinski definition) is 1. The van der Waals surface area contributed by atoms with Gasteiger partial charge in [-0.05, 0) is 0 Å². The largest absolute Gasteiger partial charge is 0.322 e. The van der Waals surface area contributed by atoms with Gasteiger partial charge in [-0.3, -0.25) is 0 Å². The third-order valence-corrected chi connectivity index (χ3v) is 2.51. The lowest BCUT2D eigenvalue weighted by atomic mass is 10.5. The van der Waals surface area contributed by atoms with Crippen LogP contribution in [-0.2, 0) is 0 Å². The second-order valence-corrected chi connectivity index (χ2v) is 3.42. The van der Waals surface area contributed by atoms with Gasteiger partial charge in [0.2, 0.25) is 0 Å². The molecule has 0 aromatic heterocycles. The first-order valence-electron chi connectivity index (χ1n) is 3.22. The SMILES string of the molecule is N#CC[NH+]1CCSCC1. The van der Waals surface area contributed by atoms with Crippen LogP contribution in [0.4, 0.5) is 0 Å². The first kappa shape index (κ1) is 6.91. The van der Waals surface area contributed by atoms with Crippen molar-refractivity contribution in [1.82, 2.24) is 0 Å². The van der Waals surface area contributed by atoms with E-state index < -0.39 is 0 Å². The summed E-state index contributed by atoms with van der Waals surface area (Å²) < 4.78 is 0. The molecule has 1 rings (SSSR count). The lowest BCUT2D eigenvalue weighted by molar-refractivity contribution is -0.889. The van der Waals surface area contributed by atoms with Crippen molar-refractivity contribution < 1.29 is 4.90 Å². The Kier molecular flexibility index (Phi) is 2.88. The van der Waals surface area contributed by atoms with E-state index in [1.807, 2.05) is 11.8 Å². The maximum atomic E-state index is 8.34. The molecule has 0 spiro atoms. The van der Waals surface area contributed by atoms with Crippen LogP contribution in [-0.4, -0.2) is 31.1 Å². The number of nitriles is 1. The van der Waals surface area contributed by atoms with Gasteiger partial charge in [-0.25, -0.2) is 0 Å². The van der Waals surface area contributed by atoms with E-state index in [1.54, 1.807) is 0 Å². The van der Waals surface area contributed by atoms with Crippen LogP contribution in [0.25, 0.3) is 0 Å². The van der Waals surface area contributed by atoms with Gasteiger partial charge in [-0.1, -0.05) is 0 Å². The first-order chi connectivity index (χ1) is 4.43. The van der Waals surface area contributed by atoms with Gasteiger partial charge < -0.3 is 4.90 Å². The van der Waals surface area contributed by atoms with E-state index >= 15 is 0 Å². The van der Waals surface area contributed by atoms with Crippen LogP contribution < -0.4 is 4.90 Å². The van der Waals surface area contributed by atoms with Gasteiger partial charge in [-0.15, -0.1) is 0 Å². The summed E-state index contributed by atoms with van der Waals surface area (Å²) in [7, 11) is 0. The van der Waals surface area contributed by atoms with E-state index in [1.165, 1.54) is 29.5 Å². The average Bonchev–Trinajstić information content (AvgIpc) is 1.91. The molecule has 0 radical (unpaired) electrons. The van der Waals surface area contributed by atoms with E-state index in [0.29, 0.717) is 6.54 Å². The van der Waals surface area contributed by atoms with Crippen molar-refractivity contribution >= 4 is 11.8 Å². The smallest absolute Gasteiger partial charge is 0.165 e. The maximum Gasteiger partial charge on any atom is 0.165 e. The highest BCUT2D eigenvalue weighted by Crippen LogP contribution is 1.96. The van der Waals surface area contributed by atoms with Crippen LogP contribution in [0.5, 0.6) is 0 Å². The second kappa shape index (κ2) is 3.76. The van der Waals surface area contributed by atoms with Crippen LogP contribution >= 0.6 is 11.8 Å². The molecule has 1 N–H and O–H groups in total. The number of thioether (sulfide) groups is 1. The molecule has 0 aliphatic carbocycles. The van der Waals surface area contributed by atoms with Crippen LogP contribution in [0.3, 0.4) is 0 Å². The highest BCUT2D eigenvalue weighted by molar-refractivity contribution is 7.99. The number of rotatable bonds is 1. The van der Waals surface area contributed by atoms with Crippen molar-refractivity contribution in [1.29, 1.82) is 5.26 Å². The van der Waals surface area contributed by atoms with Gasteiger partial charge in [0.15, 0.2) is 6.54 Å². The van der Waals surface area contributed by atoms with E-state index in [0.717, 1.165) is 0 Å². The minimum Gasteiger partial charge on any atom is -0.322 e. The Morgan fingerprint density at radius 1 is 1.44 bits per heavy atom. The topological polar surface area (TPSA) is 28.2 Å². The monoisotopic (exact) mass is 143 g/mol. The molecule has 1 aliphatic heterocycles. The Balaban J connectivity index is 2.17. The summed E-state index contributed by atoms with van der Waals surface area (Å²) in [6.45, 7) is 3.05. The summed E-state index contributed by atoms with van der Waals surface area (Å²) in [4.78, 5) is 1.45. The second-order valence-electron chi connectivity index (χ2n) is 2.20. The highest BCUT2D eigenvalue weighted by atomic mass is 32.2. The van der Waals surface area contributed by atoms with Crippen molar-refractivity contribution in [3.8, 4) is 6.07 Å². The summed E-state index contributed by atoms with van der Waals surface area (Å²) in [6.07, 6.45) is 0. The molecule has 1 fully saturated rings. The maximum absolute atomic E-state index is 8.34. The Hall–Kier alpha value is -0.200. The minimum atomic E-state index is 0.695. The summed E-state index contributed by atoms with van der Waals surface area (Å²) >= 11 is 1.99. The van der Waals surface area contributed by atoms with Gasteiger partial charge >= 0.3 is 0 Å². The molecule has 2 nitrogen and oxygen atoms in total. The Labute approximate surface area is 59.8 Å². The zero-order valence-corrected chi connectivity index (χ0v) is 6.21. The van der Waals surface area contributed by atoms with Crippen LogP contribution in [0.1, 0.15) is 0 Å². The molecule has 1 heterocycles. The standard InChI is InChI=1S/C6H10N2S/c7-1-2-8-3-5-9-6-4-8/h2-6H2/p+1. The summed E-state index contributed by atoms with van der Waals surface area (Å²) in [6, 6.07) is 2.19. The third-order valence-electron chi connectivity index (χ3n) is 1.53. The van der Waals surface area contributed by atoms with E-state index in [-0.39, 0.29) is 0 Å². The van der Waals surface area contributed by atoms with Crippen molar-refractivity contribution in [3.05, 3.63) is 0 Å². The number of hydrogen-bond acceptors (Lipinski definition) is 2. The predicted octanol–water partition coefficient (Wildman–Crippen LogP) is -0.858. The highest BCUT2D eigenvalue weighted by Gasteiger charge is 2.11. The van der Waals surface area contributed by atoms with Gasteiger partial charge in [0.25, 0.3) is 0 Å². The van der Waals surface area contributed by atoms with Crippen molar-refractivity contribution in [3.63, 3.8) is 0 Å². The van der Waals surface area contributed by atoms with Crippen molar-refractivity contribution in [2.75, 3.05) is 31.1 Å². The van der Waals surface area contributed by atoms with Gasteiger partial charge in [-0.2, -0.15) is 17.0 Å². The molecule has 0 aromatic rings. The summed E-state index contributed by atoms with van der Waals surface area (Å²) in [5.74, 6) is 2.47. The molecule has 0 saturated carbocycles. The number of quaternary nitrogens is 1. The van der Waals surface area contributed by atoms with E-state index in [4.69, 9.17) is 5.26 Å². The molecule has 0 atom stereocenters. The molecule has 0 bridgehead atoms. The van der Waals surface area contributed by atoms with E-state index in [9.17, 15) is 0 Å². The van der Waals surface area contributed by atoms with Crippen molar-refractivity contribution in [2.45, 2.75) is 0 Å². The zero-order valence-electron chi connectivity index (χ0n) is 5.39.